The molecule has 0 N–H and O–H groups in total. The molecule has 0 amide bonds. The summed E-state index contributed by atoms with van der Waals surface area (Å²) in [6.07, 6.45) is 4.53. The van der Waals surface area contributed by atoms with Gasteiger partial charge in [0.15, 0.2) is 0 Å². The molecule has 20 heavy (non-hydrogen) atoms. The minimum absolute atomic E-state index is 0.201. The Kier molecular flexibility index (Phi) is 6.95. The van der Waals surface area contributed by atoms with Crippen molar-refractivity contribution in [2.75, 3.05) is 32.4 Å². The number of piperidine rings is 1. The van der Waals surface area contributed by atoms with E-state index in [9.17, 15) is 8.42 Å². The fourth-order valence-corrected chi connectivity index (χ4v) is 4.69. The molecule has 120 valence electrons. The third kappa shape index (κ3) is 5.70. The van der Waals surface area contributed by atoms with Crippen LogP contribution in [0.25, 0.3) is 0 Å². The van der Waals surface area contributed by atoms with Gasteiger partial charge in [0.25, 0.3) is 0 Å². The van der Waals surface area contributed by atoms with Gasteiger partial charge in [-0.05, 0) is 44.2 Å². The highest BCUT2D eigenvalue weighted by molar-refractivity contribution is 7.88. The predicted molar refractivity (Wildman–Crippen MR) is 85.3 cm³/mol. The van der Waals surface area contributed by atoms with Crippen molar-refractivity contribution in [1.29, 1.82) is 0 Å². The molecule has 5 heteroatoms. The lowest BCUT2D eigenvalue weighted by atomic mass is 9.97. The summed E-state index contributed by atoms with van der Waals surface area (Å²) >= 11 is 0. The summed E-state index contributed by atoms with van der Waals surface area (Å²) in [7, 11) is -3.06. The van der Waals surface area contributed by atoms with Crippen LogP contribution in [-0.4, -0.2) is 56.1 Å². The van der Waals surface area contributed by atoms with Gasteiger partial charge in [0.1, 0.15) is 0 Å². The summed E-state index contributed by atoms with van der Waals surface area (Å²) in [6.45, 7) is 12.6. The molecular formula is C15H32N2O2S. The number of nitrogens with zero attached hydrogens (tertiary/aromatic N) is 2. The van der Waals surface area contributed by atoms with E-state index in [4.69, 9.17) is 0 Å². The van der Waals surface area contributed by atoms with Crippen molar-refractivity contribution < 1.29 is 8.42 Å². The van der Waals surface area contributed by atoms with Crippen LogP contribution < -0.4 is 0 Å². The number of hydrogen-bond acceptors (Lipinski definition) is 3. The second-order valence-electron chi connectivity index (χ2n) is 6.73. The number of rotatable bonds is 7. The Morgan fingerprint density at radius 3 is 2.15 bits per heavy atom. The van der Waals surface area contributed by atoms with Crippen LogP contribution in [0.3, 0.4) is 0 Å². The lowest BCUT2D eigenvalue weighted by Crippen LogP contribution is -2.47. The summed E-state index contributed by atoms with van der Waals surface area (Å²) < 4.78 is 25.2. The minimum atomic E-state index is -3.06. The fourth-order valence-electron chi connectivity index (χ4n) is 3.47. The summed E-state index contributed by atoms with van der Waals surface area (Å²) in [6, 6.07) is 0.201. The van der Waals surface area contributed by atoms with Crippen LogP contribution >= 0.6 is 0 Å². The molecule has 0 aromatic rings. The summed E-state index contributed by atoms with van der Waals surface area (Å²) in [4.78, 5) is 2.50. The van der Waals surface area contributed by atoms with E-state index in [-0.39, 0.29) is 6.04 Å². The second kappa shape index (κ2) is 7.76. The van der Waals surface area contributed by atoms with Gasteiger partial charge in [-0.3, -0.25) is 0 Å². The Bertz CT molecular complexity index is 373. The molecule has 4 nitrogen and oxygen atoms in total. The van der Waals surface area contributed by atoms with E-state index in [0.29, 0.717) is 6.54 Å². The van der Waals surface area contributed by atoms with Crippen molar-refractivity contribution in [2.45, 2.75) is 53.0 Å². The minimum Gasteiger partial charge on any atom is -0.303 e. The van der Waals surface area contributed by atoms with Crippen LogP contribution in [0.4, 0.5) is 0 Å². The Hall–Kier alpha value is -0.130. The van der Waals surface area contributed by atoms with E-state index < -0.39 is 10.0 Å². The largest absolute Gasteiger partial charge is 0.303 e. The number of hydrogen-bond donors (Lipinski definition) is 0. The highest BCUT2D eigenvalue weighted by atomic mass is 32.2. The monoisotopic (exact) mass is 304 g/mol. The van der Waals surface area contributed by atoms with Gasteiger partial charge in [0.05, 0.1) is 6.26 Å². The molecule has 0 spiro atoms. The van der Waals surface area contributed by atoms with Gasteiger partial charge in [0.2, 0.25) is 10.0 Å². The van der Waals surface area contributed by atoms with Gasteiger partial charge in [-0.15, -0.1) is 0 Å². The molecule has 1 saturated heterocycles. The lowest BCUT2D eigenvalue weighted by Gasteiger charge is -2.37. The SMILES string of the molecule is CCN(C1CCN(C[C@@H](C)CC(C)C)CC1)S(C)(=O)=O. The molecule has 1 fully saturated rings. The Morgan fingerprint density at radius 2 is 1.75 bits per heavy atom. The molecule has 0 radical (unpaired) electrons. The van der Waals surface area contributed by atoms with E-state index in [2.05, 4.69) is 25.7 Å². The molecule has 0 aromatic heterocycles. The Morgan fingerprint density at radius 1 is 1.20 bits per heavy atom. The van der Waals surface area contributed by atoms with E-state index in [1.165, 1.54) is 12.7 Å². The fraction of sp³-hybridized carbons (Fsp3) is 1.00. The summed E-state index contributed by atoms with van der Waals surface area (Å²) in [5.74, 6) is 1.48. The zero-order chi connectivity index (χ0) is 15.3. The maximum Gasteiger partial charge on any atom is 0.211 e. The zero-order valence-electron chi connectivity index (χ0n) is 13.8. The van der Waals surface area contributed by atoms with Crippen LogP contribution in [0, 0.1) is 11.8 Å². The molecule has 0 aromatic carbocycles. The van der Waals surface area contributed by atoms with E-state index in [0.717, 1.165) is 44.3 Å². The Labute approximate surface area is 125 Å². The van der Waals surface area contributed by atoms with Crippen molar-refractivity contribution in [1.82, 2.24) is 9.21 Å². The average Bonchev–Trinajstić information content (AvgIpc) is 2.29. The van der Waals surface area contributed by atoms with E-state index in [1.807, 2.05) is 6.92 Å². The van der Waals surface area contributed by atoms with Crippen molar-refractivity contribution in [3.63, 3.8) is 0 Å². The quantitative estimate of drug-likeness (QED) is 0.725. The third-order valence-corrected chi connectivity index (χ3v) is 5.55. The maximum absolute atomic E-state index is 11.8. The van der Waals surface area contributed by atoms with Crippen molar-refractivity contribution >= 4 is 10.0 Å². The molecule has 1 atom stereocenters. The smallest absolute Gasteiger partial charge is 0.211 e. The van der Waals surface area contributed by atoms with Crippen molar-refractivity contribution in [3.05, 3.63) is 0 Å². The topological polar surface area (TPSA) is 40.6 Å². The van der Waals surface area contributed by atoms with Gasteiger partial charge in [-0.1, -0.05) is 27.7 Å². The van der Waals surface area contributed by atoms with Crippen LogP contribution in [0.15, 0.2) is 0 Å². The number of likely N-dealkylation sites (tertiary alicyclic amines) is 1. The first kappa shape index (κ1) is 17.9. The molecule has 1 aliphatic rings. The van der Waals surface area contributed by atoms with E-state index in [1.54, 1.807) is 4.31 Å². The first-order valence-corrected chi connectivity index (χ1v) is 9.78. The van der Waals surface area contributed by atoms with Crippen LogP contribution in [0.1, 0.15) is 47.0 Å². The second-order valence-corrected chi connectivity index (χ2v) is 8.67. The lowest BCUT2D eigenvalue weighted by molar-refractivity contribution is 0.142. The molecule has 1 heterocycles. The maximum atomic E-state index is 11.8. The molecule has 0 aliphatic carbocycles. The molecule has 1 rings (SSSR count). The Balaban J connectivity index is 2.43. The van der Waals surface area contributed by atoms with Crippen molar-refractivity contribution in [3.8, 4) is 0 Å². The van der Waals surface area contributed by atoms with Gasteiger partial charge in [-0.2, -0.15) is 4.31 Å². The first-order valence-electron chi connectivity index (χ1n) is 7.93. The van der Waals surface area contributed by atoms with Gasteiger partial charge in [-0.25, -0.2) is 8.42 Å². The van der Waals surface area contributed by atoms with Crippen LogP contribution in [0.5, 0.6) is 0 Å². The molecule has 0 bridgehead atoms. The van der Waals surface area contributed by atoms with Crippen molar-refractivity contribution in [2.24, 2.45) is 11.8 Å². The molecule has 0 saturated carbocycles. The third-order valence-electron chi connectivity index (χ3n) is 4.15. The van der Waals surface area contributed by atoms with Gasteiger partial charge >= 0.3 is 0 Å². The number of sulfonamides is 1. The van der Waals surface area contributed by atoms with Gasteiger partial charge < -0.3 is 4.90 Å². The van der Waals surface area contributed by atoms with Gasteiger partial charge in [0, 0.05) is 19.1 Å². The van der Waals surface area contributed by atoms with Crippen LogP contribution in [0.2, 0.25) is 0 Å². The van der Waals surface area contributed by atoms with Crippen LogP contribution in [-0.2, 0) is 10.0 Å². The highest BCUT2D eigenvalue weighted by Gasteiger charge is 2.29. The van der Waals surface area contributed by atoms with E-state index >= 15 is 0 Å². The standard InChI is InChI=1S/C15H32N2O2S/c1-6-17(20(5,18)19)15-7-9-16(10-8-15)12-14(4)11-13(2)3/h13-15H,6-12H2,1-5H3/t14-/m0/s1. The normalized spacial score (nSPS) is 20.8. The predicted octanol–water partition coefficient (Wildman–Crippen LogP) is 2.41. The molecule has 0 unspecified atom stereocenters. The first-order chi connectivity index (χ1) is 9.24. The summed E-state index contributed by atoms with van der Waals surface area (Å²) in [5, 5.41) is 0. The summed E-state index contributed by atoms with van der Waals surface area (Å²) in [5.41, 5.74) is 0. The molecule has 1 aliphatic heterocycles. The average molecular weight is 305 g/mol. The highest BCUT2D eigenvalue weighted by Crippen LogP contribution is 2.21. The zero-order valence-corrected chi connectivity index (χ0v) is 14.6. The molecular weight excluding hydrogens is 272 g/mol.